The Labute approximate surface area is 93.7 Å². The lowest BCUT2D eigenvalue weighted by molar-refractivity contribution is 0.484. The first-order valence-corrected chi connectivity index (χ1v) is 5.43. The number of rotatable bonds is 3. The van der Waals surface area contributed by atoms with Crippen molar-refractivity contribution in [3.63, 3.8) is 0 Å². The minimum atomic E-state index is -0.0676. The molecule has 0 spiro atoms. The zero-order valence-electron chi connectivity index (χ0n) is 9.26. The van der Waals surface area contributed by atoms with E-state index < -0.39 is 0 Å². The molecule has 0 aliphatic carbocycles. The number of benzene rings is 1. The summed E-state index contributed by atoms with van der Waals surface area (Å²) in [6.07, 6.45) is 2.54. The van der Waals surface area contributed by atoms with Gasteiger partial charge in [-0.05, 0) is 12.5 Å². The molecule has 0 aliphatic rings. The molecule has 1 heterocycles. The molecule has 0 amide bonds. The highest BCUT2D eigenvalue weighted by atomic mass is 16.1. The average molecular weight is 217 g/mol. The highest BCUT2D eigenvalue weighted by molar-refractivity contribution is 5.80. The van der Waals surface area contributed by atoms with Gasteiger partial charge in [-0.15, -0.1) is 0 Å². The van der Waals surface area contributed by atoms with Crippen molar-refractivity contribution in [2.45, 2.75) is 25.9 Å². The molecular weight excluding hydrogens is 202 g/mol. The van der Waals surface area contributed by atoms with Crippen LogP contribution in [0.3, 0.4) is 0 Å². The topological polar surface area (TPSA) is 60.9 Å². The zero-order valence-corrected chi connectivity index (χ0v) is 9.26. The summed E-state index contributed by atoms with van der Waals surface area (Å²) in [7, 11) is 0. The first-order valence-electron chi connectivity index (χ1n) is 5.43. The van der Waals surface area contributed by atoms with Gasteiger partial charge in [0.2, 0.25) is 0 Å². The van der Waals surface area contributed by atoms with Crippen molar-refractivity contribution in [2.24, 2.45) is 5.73 Å². The van der Waals surface area contributed by atoms with Crippen LogP contribution in [0.2, 0.25) is 0 Å². The van der Waals surface area contributed by atoms with Gasteiger partial charge in [-0.2, -0.15) is 5.10 Å². The van der Waals surface area contributed by atoms with Crippen LogP contribution >= 0.6 is 0 Å². The summed E-state index contributed by atoms with van der Waals surface area (Å²) in [6.45, 7) is 2.47. The molecule has 4 heteroatoms. The number of nitrogens with zero attached hydrogens (tertiary/aromatic N) is 2. The Balaban J connectivity index is 2.49. The molecule has 0 saturated heterocycles. The Bertz CT molecular complexity index is 547. The van der Waals surface area contributed by atoms with Crippen molar-refractivity contribution < 1.29 is 0 Å². The summed E-state index contributed by atoms with van der Waals surface area (Å²) in [5, 5.41) is 5.68. The Morgan fingerprint density at radius 3 is 2.94 bits per heavy atom. The monoisotopic (exact) mass is 217 g/mol. The predicted molar refractivity (Wildman–Crippen MR) is 64.3 cm³/mol. The zero-order chi connectivity index (χ0) is 11.5. The summed E-state index contributed by atoms with van der Waals surface area (Å²) >= 11 is 0. The van der Waals surface area contributed by atoms with E-state index >= 15 is 0 Å². The fourth-order valence-corrected chi connectivity index (χ4v) is 1.61. The van der Waals surface area contributed by atoms with E-state index in [1.165, 1.54) is 4.68 Å². The Hall–Kier alpha value is -1.68. The molecule has 0 bridgehead atoms. The maximum Gasteiger partial charge on any atom is 0.274 e. The molecule has 84 valence electrons. The normalized spacial score (nSPS) is 12.9. The summed E-state index contributed by atoms with van der Waals surface area (Å²) in [5.74, 6) is 0. The van der Waals surface area contributed by atoms with Crippen LogP contribution in [-0.2, 0) is 6.54 Å². The molecule has 0 saturated carbocycles. The SMILES string of the molecule is CC[C@H](N)Cn1ncc2ccccc2c1=O. The molecule has 0 aliphatic heterocycles. The van der Waals surface area contributed by atoms with Gasteiger partial charge in [0.05, 0.1) is 18.1 Å². The number of hydrogen-bond donors (Lipinski definition) is 1. The summed E-state index contributed by atoms with van der Waals surface area (Å²) in [6, 6.07) is 7.42. The molecule has 0 unspecified atom stereocenters. The minimum absolute atomic E-state index is 0.0219. The fraction of sp³-hybridized carbons (Fsp3) is 0.333. The van der Waals surface area contributed by atoms with Gasteiger partial charge >= 0.3 is 0 Å². The van der Waals surface area contributed by atoms with E-state index in [-0.39, 0.29) is 11.6 Å². The van der Waals surface area contributed by atoms with Crippen LogP contribution in [0.15, 0.2) is 35.3 Å². The number of nitrogens with two attached hydrogens (primary N) is 1. The maximum absolute atomic E-state index is 12.0. The highest BCUT2D eigenvalue weighted by Gasteiger charge is 2.06. The van der Waals surface area contributed by atoms with Crippen LogP contribution in [0.25, 0.3) is 10.8 Å². The molecule has 1 aromatic heterocycles. The van der Waals surface area contributed by atoms with Crippen molar-refractivity contribution >= 4 is 10.8 Å². The van der Waals surface area contributed by atoms with E-state index in [9.17, 15) is 4.79 Å². The van der Waals surface area contributed by atoms with Crippen molar-refractivity contribution in [2.75, 3.05) is 0 Å². The summed E-state index contributed by atoms with van der Waals surface area (Å²) < 4.78 is 1.44. The second kappa shape index (κ2) is 4.45. The van der Waals surface area contributed by atoms with E-state index in [2.05, 4.69) is 5.10 Å². The smallest absolute Gasteiger partial charge is 0.274 e. The van der Waals surface area contributed by atoms with E-state index in [0.717, 1.165) is 11.8 Å². The van der Waals surface area contributed by atoms with Crippen LogP contribution in [0, 0.1) is 0 Å². The number of aromatic nitrogens is 2. The van der Waals surface area contributed by atoms with Crippen LogP contribution in [0.4, 0.5) is 0 Å². The van der Waals surface area contributed by atoms with Gasteiger partial charge in [0.15, 0.2) is 0 Å². The molecule has 2 aromatic rings. The molecule has 0 radical (unpaired) electrons. The molecular formula is C12H15N3O. The van der Waals surface area contributed by atoms with Crippen LogP contribution in [-0.4, -0.2) is 15.8 Å². The maximum atomic E-state index is 12.0. The van der Waals surface area contributed by atoms with E-state index in [1.54, 1.807) is 6.20 Å². The van der Waals surface area contributed by atoms with Gasteiger partial charge in [-0.1, -0.05) is 25.1 Å². The quantitative estimate of drug-likeness (QED) is 0.838. The summed E-state index contributed by atoms with van der Waals surface area (Å²) in [5.41, 5.74) is 5.75. The van der Waals surface area contributed by atoms with E-state index in [1.807, 2.05) is 31.2 Å². The first-order chi connectivity index (χ1) is 7.72. The van der Waals surface area contributed by atoms with E-state index in [0.29, 0.717) is 11.9 Å². The van der Waals surface area contributed by atoms with E-state index in [4.69, 9.17) is 5.73 Å². The van der Waals surface area contributed by atoms with Gasteiger partial charge in [-0.25, -0.2) is 4.68 Å². The standard InChI is InChI=1S/C12H15N3O/c1-2-10(13)8-15-12(16)11-6-4-3-5-9(11)7-14-15/h3-7,10H,2,8,13H2,1H3/t10-/m0/s1. The van der Waals surface area contributed by atoms with Crippen LogP contribution in [0.1, 0.15) is 13.3 Å². The Morgan fingerprint density at radius 1 is 1.44 bits per heavy atom. The molecule has 16 heavy (non-hydrogen) atoms. The van der Waals surface area contributed by atoms with Gasteiger partial charge in [0.25, 0.3) is 5.56 Å². The second-order valence-corrected chi connectivity index (χ2v) is 3.89. The molecule has 1 aromatic carbocycles. The molecule has 0 fully saturated rings. The third-order valence-corrected chi connectivity index (χ3v) is 2.69. The van der Waals surface area contributed by atoms with Gasteiger partial charge in [-0.3, -0.25) is 4.79 Å². The van der Waals surface area contributed by atoms with Gasteiger partial charge < -0.3 is 5.73 Å². The second-order valence-electron chi connectivity index (χ2n) is 3.89. The average Bonchev–Trinajstić information content (AvgIpc) is 2.33. The highest BCUT2D eigenvalue weighted by Crippen LogP contribution is 2.06. The minimum Gasteiger partial charge on any atom is -0.326 e. The van der Waals surface area contributed by atoms with Gasteiger partial charge in [0.1, 0.15) is 0 Å². The Morgan fingerprint density at radius 2 is 2.19 bits per heavy atom. The molecule has 1 atom stereocenters. The van der Waals surface area contributed by atoms with Crippen molar-refractivity contribution in [1.29, 1.82) is 0 Å². The van der Waals surface area contributed by atoms with Gasteiger partial charge in [0, 0.05) is 11.4 Å². The number of hydrogen-bond acceptors (Lipinski definition) is 3. The third kappa shape index (κ3) is 1.97. The largest absolute Gasteiger partial charge is 0.326 e. The first kappa shape index (κ1) is 10.8. The van der Waals surface area contributed by atoms with Crippen molar-refractivity contribution in [3.8, 4) is 0 Å². The third-order valence-electron chi connectivity index (χ3n) is 2.69. The lowest BCUT2D eigenvalue weighted by Crippen LogP contribution is -2.33. The molecule has 2 rings (SSSR count). The Kier molecular flexibility index (Phi) is 3.01. The lowest BCUT2D eigenvalue weighted by Gasteiger charge is -2.10. The number of fused-ring (bicyclic) bond motifs is 1. The van der Waals surface area contributed by atoms with Crippen molar-refractivity contribution in [1.82, 2.24) is 9.78 Å². The summed E-state index contributed by atoms with van der Waals surface area (Å²) in [4.78, 5) is 12.0. The van der Waals surface area contributed by atoms with Crippen molar-refractivity contribution in [3.05, 3.63) is 40.8 Å². The fourth-order valence-electron chi connectivity index (χ4n) is 1.61. The molecule has 4 nitrogen and oxygen atoms in total. The van der Waals surface area contributed by atoms with Crippen LogP contribution < -0.4 is 11.3 Å². The van der Waals surface area contributed by atoms with Crippen LogP contribution in [0.5, 0.6) is 0 Å². The lowest BCUT2D eigenvalue weighted by atomic mass is 10.2. The molecule has 2 N–H and O–H groups in total. The predicted octanol–water partition coefficient (Wildman–Crippen LogP) is 1.13.